The van der Waals surface area contributed by atoms with E-state index in [4.69, 9.17) is 0 Å². The van der Waals surface area contributed by atoms with Crippen LogP contribution >= 0.6 is 0 Å². The van der Waals surface area contributed by atoms with E-state index in [1.807, 2.05) is 0 Å². The molecule has 0 aliphatic heterocycles. The molecule has 0 aromatic rings. The minimum absolute atomic E-state index is 0.00471. The van der Waals surface area contributed by atoms with Gasteiger partial charge in [0.25, 0.3) is 0 Å². The maximum absolute atomic E-state index is 11.4. The number of rotatable bonds is 6. The Bertz CT molecular complexity index is 298. The third-order valence-corrected chi connectivity index (χ3v) is 2.58. The molecule has 82 valence electrons. The summed E-state index contributed by atoms with van der Waals surface area (Å²) in [7, 11) is 0. The second kappa shape index (κ2) is 6.33. The summed E-state index contributed by atoms with van der Waals surface area (Å²) in [5.74, 6) is -0.0525. The van der Waals surface area contributed by atoms with Gasteiger partial charge in [-0.1, -0.05) is 32.6 Å². The summed E-state index contributed by atoms with van der Waals surface area (Å²) in [4.78, 5) is 22.4. The fraction of sp³-hybridized carbons (Fsp3) is 0.538. The number of allylic oxidation sites excluding steroid dienone is 4. The number of carbonyl (C=O) groups excluding carboxylic acids is 2. The number of ketones is 2. The van der Waals surface area contributed by atoms with E-state index in [1.165, 1.54) is 37.5 Å². The molecule has 1 aliphatic carbocycles. The lowest BCUT2D eigenvalue weighted by Gasteiger charge is -2.06. The maximum Gasteiger partial charge on any atom is 0.182 e. The molecule has 1 rings (SSSR count). The van der Waals surface area contributed by atoms with Gasteiger partial charge in [0, 0.05) is 5.57 Å². The number of hydrogen-bond acceptors (Lipinski definition) is 2. The highest BCUT2D eigenvalue weighted by Gasteiger charge is 2.11. The molecule has 0 radical (unpaired) electrons. The largest absolute Gasteiger partial charge is 0.290 e. The second-order valence-corrected chi connectivity index (χ2v) is 3.93. The van der Waals surface area contributed by atoms with Crippen LogP contribution in [0.25, 0.3) is 0 Å². The summed E-state index contributed by atoms with van der Waals surface area (Å²) < 4.78 is 0. The Balaban J connectivity index is 2.26. The SMILES string of the molecule is CCCCCCCC1=CC(=O)C=CC1=O. The molecule has 0 aromatic carbocycles. The van der Waals surface area contributed by atoms with E-state index >= 15 is 0 Å². The first kappa shape index (κ1) is 11.9. The van der Waals surface area contributed by atoms with E-state index in [0.717, 1.165) is 19.3 Å². The van der Waals surface area contributed by atoms with Gasteiger partial charge >= 0.3 is 0 Å². The van der Waals surface area contributed by atoms with Crippen molar-refractivity contribution in [1.29, 1.82) is 0 Å². The lowest BCUT2D eigenvalue weighted by molar-refractivity contribution is -0.114. The normalized spacial score (nSPS) is 15.7. The van der Waals surface area contributed by atoms with Crippen molar-refractivity contribution in [2.45, 2.75) is 45.4 Å². The van der Waals surface area contributed by atoms with E-state index in [-0.39, 0.29) is 11.6 Å². The zero-order valence-electron chi connectivity index (χ0n) is 9.29. The lowest BCUT2D eigenvalue weighted by atomic mass is 9.98. The second-order valence-electron chi connectivity index (χ2n) is 3.93. The van der Waals surface area contributed by atoms with Crippen LogP contribution in [0.2, 0.25) is 0 Å². The van der Waals surface area contributed by atoms with E-state index in [9.17, 15) is 9.59 Å². The van der Waals surface area contributed by atoms with E-state index in [2.05, 4.69) is 6.92 Å². The zero-order chi connectivity index (χ0) is 11.1. The van der Waals surface area contributed by atoms with Crippen LogP contribution in [0.5, 0.6) is 0 Å². The molecule has 0 saturated carbocycles. The smallest absolute Gasteiger partial charge is 0.182 e. The van der Waals surface area contributed by atoms with Crippen LogP contribution in [-0.4, -0.2) is 11.6 Å². The Labute approximate surface area is 91.1 Å². The monoisotopic (exact) mass is 206 g/mol. The first-order valence-corrected chi connectivity index (χ1v) is 5.71. The molecule has 0 bridgehead atoms. The molecule has 0 aromatic heterocycles. The van der Waals surface area contributed by atoms with Crippen LogP contribution in [0.15, 0.2) is 23.8 Å². The van der Waals surface area contributed by atoms with Crippen LogP contribution in [0.3, 0.4) is 0 Å². The summed E-state index contributed by atoms with van der Waals surface area (Å²) in [6.45, 7) is 2.18. The summed E-state index contributed by atoms with van der Waals surface area (Å²) in [5.41, 5.74) is 0.680. The van der Waals surface area contributed by atoms with Crippen LogP contribution in [0, 0.1) is 0 Å². The topological polar surface area (TPSA) is 34.1 Å². The lowest BCUT2D eigenvalue weighted by Crippen LogP contribution is -2.07. The molecule has 0 spiro atoms. The number of hydrogen-bond donors (Lipinski definition) is 0. The van der Waals surface area contributed by atoms with Crippen LogP contribution in [0.1, 0.15) is 45.4 Å². The van der Waals surface area contributed by atoms with Crippen molar-refractivity contribution < 1.29 is 9.59 Å². The van der Waals surface area contributed by atoms with Crippen molar-refractivity contribution in [1.82, 2.24) is 0 Å². The van der Waals surface area contributed by atoms with Crippen molar-refractivity contribution >= 4 is 11.6 Å². The average molecular weight is 206 g/mol. The molecule has 2 heteroatoms. The fourth-order valence-electron chi connectivity index (χ4n) is 1.67. The van der Waals surface area contributed by atoms with Gasteiger partial charge in [-0.25, -0.2) is 0 Å². The van der Waals surface area contributed by atoms with Gasteiger partial charge in [-0.3, -0.25) is 9.59 Å². The standard InChI is InChI=1S/C13H18O2/c1-2-3-4-5-6-7-11-10-12(14)8-9-13(11)15/h8-10H,2-7H2,1H3. The van der Waals surface area contributed by atoms with Gasteiger partial charge in [-0.05, 0) is 31.1 Å². The molecule has 0 amide bonds. The first-order valence-electron chi connectivity index (χ1n) is 5.71. The van der Waals surface area contributed by atoms with E-state index in [1.54, 1.807) is 0 Å². The van der Waals surface area contributed by atoms with Crippen molar-refractivity contribution in [2.24, 2.45) is 0 Å². The Hall–Kier alpha value is -1.18. The van der Waals surface area contributed by atoms with Gasteiger partial charge < -0.3 is 0 Å². The molecule has 1 aliphatic rings. The quantitative estimate of drug-likeness (QED) is 0.494. The van der Waals surface area contributed by atoms with Gasteiger partial charge in [-0.15, -0.1) is 0 Å². The highest BCUT2D eigenvalue weighted by molar-refractivity contribution is 6.17. The molecule has 0 heterocycles. The molecule has 0 unspecified atom stereocenters. The van der Waals surface area contributed by atoms with Crippen molar-refractivity contribution in [3.63, 3.8) is 0 Å². The van der Waals surface area contributed by atoms with Gasteiger partial charge in [0.05, 0.1) is 0 Å². The predicted octanol–water partition coefficient (Wildman–Crippen LogP) is 2.98. The minimum atomic E-state index is -0.0573. The Morgan fingerprint density at radius 1 is 1.00 bits per heavy atom. The summed E-state index contributed by atoms with van der Waals surface area (Å²) in [5, 5.41) is 0. The number of unbranched alkanes of at least 4 members (excludes halogenated alkanes) is 4. The van der Waals surface area contributed by atoms with Crippen LogP contribution < -0.4 is 0 Å². The summed E-state index contributed by atoms with van der Waals surface area (Å²) in [6.07, 6.45) is 10.8. The minimum Gasteiger partial charge on any atom is -0.290 e. The molecule has 0 atom stereocenters. The highest BCUT2D eigenvalue weighted by Crippen LogP contribution is 2.14. The molecule has 0 N–H and O–H groups in total. The summed E-state index contributed by atoms with van der Waals surface area (Å²) in [6, 6.07) is 0. The van der Waals surface area contributed by atoms with Crippen molar-refractivity contribution in [3.05, 3.63) is 23.8 Å². The third-order valence-electron chi connectivity index (χ3n) is 2.58. The van der Waals surface area contributed by atoms with Gasteiger partial charge in [0.1, 0.15) is 0 Å². The van der Waals surface area contributed by atoms with Crippen molar-refractivity contribution in [3.8, 4) is 0 Å². The average Bonchev–Trinajstić information content (AvgIpc) is 2.23. The number of carbonyl (C=O) groups is 2. The predicted molar refractivity (Wildman–Crippen MR) is 60.6 cm³/mol. The molecule has 0 fully saturated rings. The molecule has 0 saturated heterocycles. The van der Waals surface area contributed by atoms with Crippen LogP contribution in [0.4, 0.5) is 0 Å². The van der Waals surface area contributed by atoms with E-state index < -0.39 is 0 Å². The molecule has 15 heavy (non-hydrogen) atoms. The van der Waals surface area contributed by atoms with Crippen LogP contribution in [-0.2, 0) is 9.59 Å². The third kappa shape index (κ3) is 4.24. The highest BCUT2D eigenvalue weighted by atomic mass is 16.1. The fourth-order valence-corrected chi connectivity index (χ4v) is 1.67. The maximum atomic E-state index is 11.4. The van der Waals surface area contributed by atoms with Gasteiger partial charge in [-0.2, -0.15) is 0 Å². The molecular formula is C13H18O2. The molecule has 2 nitrogen and oxygen atoms in total. The van der Waals surface area contributed by atoms with Crippen molar-refractivity contribution in [2.75, 3.05) is 0 Å². The van der Waals surface area contributed by atoms with E-state index in [0.29, 0.717) is 5.57 Å². The first-order chi connectivity index (χ1) is 7.24. The molecular weight excluding hydrogens is 188 g/mol. The zero-order valence-corrected chi connectivity index (χ0v) is 9.29. The Kier molecular flexibility index (Phi) is 5.02. The summed E-state index contributed by atoms with van der Waals surface area (Å²) >= 11 is 0. The Morgan fingerprint density at radius 2 is 1.73 bits per heavy atom. The van der Waals surface area contributed by atoms with Gasteiger partial charge in [0.2, 0.25) is 0 Å². The van der Waals surface area contributed by atoms with Gasteiger partial charge in [0.15, 0.2) is 11.6 Å². The Morgan fingerprint density at radius 3 is 2.47 bits per heavy atom.